The Balaban J connectivity index is 0.000000338. The van der Waals surface area contributed by atoms with Gasteiger partial charge < -0.3 is 10.5 Å². The summed E-state index contributed by atoms with van der Waals surface area (Å²) < 4.78 is 28.2. The average Bonchev–Trinajstić information content (AvgIpc) is 3.75. The molecule has 3 heterocycles. The van der Waals surface area contributed by atoms with E-state index in [0.717, 1.165) is 67.2 Å². The molecular formula is C48H46N2O6S2. The number of fused-ring (bicyclic) bond motifs is 5. The van der Waals surface area contributed by atoms with E-state index >= 15 is 0 Å². The number of benzene rings is 4. The third-order valence-electron chi connectivity index (χ3n) is 11.0. The summed E-state index contributed by atoms with van der Waals surface area (Å²) in [6, 6.07) is 36.0. The molecule has 5 aromatic rings. The van der Waals surface area contributed by atoms with Crippen molar-refractivity contribution in [3.8, 4) is 21.6 Å². The Morgan fingerprint density at radius 3 is 2.43 bits per heavy atom. The van der Waals surface area contributed by atoms with E-state index < -0.39 is 27.3 Å². The number of ether oxygens (including phenoxy) is 1. The molecule has 2 amide bonds. The number of hydrogen-bond donors (Lipinski definition) is 1. The molecule has 2 atom stereocenters. The maximum atomic E-state index is 13.6. The van der Waals surface area contributed by atoms with Crippen LogP contribution in [0.3, 0.4) is 0 Å². The van der Waals surface area contributed by atoms with Crippen molar-refractivity contribution in [2.75, 3.05) is 11.7 Å². The highest BCUT2D eigenvalue weighted by Gasteiger charge is 2.27. The smallest absolute Gasteiger partial charge is 0.255 e. The number of carbonyl (C=O) groups excluding carboxylic acids is 2. The van der Waals surface area contributed by atoms with Crippen molar-refractivity contribution >= 4 is 50.3 Å². The number of thiophene rings is 1. The van der Waals surface area contributed by atoms with Crippen LogP contribution in [0.5, 0.6) is 0 Å². The molecule has 9 rings (SSSR count). The summed E-state index contributed by atoms with van der Waals surface area (Å²) in [4.78, 5) is 32.8. The zero-order chi connectivity index (χ0) is 40.1. The number of carbonyl (C=O) groups is 2. The van der Waals surface area contributed by atoms with Gasteiger partial charge >= 0.3 is 0 Å². The Labute approximate surface area is 344 Å². The number of sulfone groups is 1. The molecule has 8 nitrogen and oxygen atoms in total. The minimum atomic E-state index is -3.29. The molecule has 10 heteroatoms. The Bertz CT molecular complexity index is 2510. The first-order chi connectivity index (χ1) is 28.2. The monoisotopic (exact) mass is 810 g/mol. The molecule has 58 heavy (non-hydrogen) atoms. The van der Waals surface area contributed by atoms with Crippen LogP contribution in [0.4, 0.5) is 5.69 Å². The second kappa shape index (κ2) is 17.6. The highest BCUT2D eigenvalue weighted by Crippen LogP contribution is 2.42. The Morgan fingerprint density at radius 1 is 0.810 bits per heavy atom. The van der Waals surface area contributed by atoms with Gasteiger partial charge in [0.2, 0.25) is 5.91 Å². The lowest BCUT2D eigenvalue weighted by atomic mass is 9.78. The third-order valence-corrected chi connectivity index (χ3v) is 13.9. The maximum Gasteiger partial charge on any atom is 0.255 e. The Morgan fingerprint density at radius 2 is 1.62 bits per heavy atom. The number of anilines is 1. The number of amides is 2. The summed E-state index contributed by atoms with van der Waals surface area (Å²) in [5.41, 5.74) is 17.8. The SMILES string of the molecule is NC(=O)CC1C=CC=CS1(=O)=O.O=C(Cc1ccccc1)N(OC1CCCCO1)c1cccc(-c2ccc(C3=Cc4ccc5c(c4CC3)CCc3ccccc3-5)s2)c1. The quantitative estimate of drug-likeness (QED) is 0.148. The van der Waals surface area contributed by atoms with E-state index in [4.69, 9.17) is 15.3 Å². The summed E-state index contributed by atoms with van der Waals surface area (Å²) >= 11 is 1.82. The zero-order valence-electron chi connectivity index (χ0n) is 32.2. The molecule has 2 aliphatic carbocycles. The van der Waals surface area contributed by atoms with Crippen molar-refractivity contribution in [3.63, 3.8) is 0 Å². The van der Waals surface area contributed by atoms with Crippen molar-refractivity contribution < 1.29 is 27.6 Å². The number of aryl methyl sites for hydroxylation is 1. The second-order valence-corrected chi connectivity index (χ2v) is 18.1. The van der Waals surface area contributed by atoms with Gasteiger partial charge in [-0.3, -0.25) is 9.59 Å². The van der Waals surface area contributed by atoms with Crippen LogP contribution in [-0.4, -0.2) is 38.4 Å². The summed E-state index contributed by atoms with van der Waals surface area (Å²) in [5, 5.41) is 1.77. The van der Waals surface area contributed by atoms with E-state index in [1.54, 1.807) is 11.6 Å². The highest BCUT2D eigenvalue weighted by atomic mass is 32.2. The van der Waals surface area contributed by atoms with Gasteiger partial charge in [-0.15, -0.1) is 11.3 Å². The molecule has 2 aliphatic heterocycles. The molecule has 0 spiro atoms. The lowest BCUT2D eigenvalue weighted by Gasteiger charge is -2.29. The number of nitrogens with zero attached hydrogens (tertiary/aromatic N) is 1. The number of nitrogens with two attached hydrogens (primary N) is 1. The number of hydroxylamine groups is 1. The minimum absolute atomic E-state index is 0.110. The number of primary amides is 1. The van der Waals surface area contributed by atoms with Gasteiger partial charge in [0.1, 0.15) is 0 Å². The van der Waals surface area contributed by atoms with E-state index in [0.29, 0.717) is 6.61 Å². The van der Waals surface area contributed by atoms with E-state index in [1.807, 2.05) is 53.8 Å². The van der Waals surface area contributed by atoms with Crippen LogP contribution in [0, 0.1) is 0 Å². The average molecular weight is 811 g/mol. The largest absolute Gasteiger partial charge is 0.370 e. The first kappa shape index (κ1) is 39.4. The van der Waals surface area contributed by atoms with Crippen LogP contribution in [0.1, 0.15) is 64.8 Å². The second-order valence-electron chi connectivity index (χ2n) is 15.0. The first-order valence-electron chi connectivity index (χ1n) is 19.9. The van der Waals surface area contributed by atoms with Crippen LogP contribution in [0.25, 0.3) is 33.2 Å². The van der Waals surface area contributed by atoms with Gasteiger partial charge in [-0.2, -0.15) is 5.06 Å². The van der Waals surface area contributed by atoms with E-state index in [-0.39, 0.29) is 18.7 Å². The fourth-order valence-electron chi connectivity index (χ4n) is 8.06. The summed E-state index contributed by atoms with van der Waals surface area (Å²) in [5.74, 6) is -0.718. The normalized spacial score (nSPS) is 18.7. The molecule has 0 radical (unpaired) electrons. The van der Waals surface area contributed by atoms with Crippen molar-refractivity contribution in [2.45, 2.75) is 69.3 Å². The molecule has 4 aliphatic rings. The van der Waals surface area contributed by atoms with Gasteiger partial charge in [-0.1, -0.05) is 103 Å². The summed E-state index contributed by atoms with van der Waals surface area (Å²) in [6.45, 7) is 0.653. The highest BCUT2D eigenvalue weighted by molar-refractivity contribution is 7.95. The number of hydrogen-bond acceptors (Lipinski definition) is 7. The molecule has 296 valence electrons. The molecule has 0 bridgehead atoms. The third kappa shape index (κ3) is 9.01. The van der Waals surface area contributed by atoms with Gasteiger partial charge in [0.05, 0.1) is 17.4 Å². The first-order valence-corrected chi connectivity index (χ1v) is 22.3. The van der Waals surface area contributed by atoms with Gasteiger partial charge in [-0.05, 0) is 113 Å². The standard InChI is InChI=1S/C41H37NO3S.C7H9NO3S/c43-40(25-28-9-2-1-3-10-28)42(45-41-15-6-7-24-44-41)33-13-8-12-31(27-33)38-22-23-39(46-38)32-18-19-35-30(26-32)17-21-36-34-14-5-4-11-29(34)16-20-37(35)36;8-7(9)5-6-3-1-2-4-12(6,10)11/h1-5,8-14,17,21-23,26-27,41H,6-7,15-16,18-20,24-25H2;1-4,6H,5H2,(H2,8,9). The van der Waals surface area contributed by atoms with Crippen molar-refractivity contribution in [3.05, 3.63) is 159 Å². The molecule has 2 N–H and O–H groups in total. The van der Waals surface area contributed by atoms with Crippen molar-refractivity contribution in [1.82, 2.24) is 0 Å². The Kier molecular flexibility index (Phi) is 12.0. The predicted octanol–water partition coefficient (Wildman–Crippen LogP) is 9.43. The lowest BCUT2D eigenvalue weighted by Crippen LogP contribution is -2.38. The fraction of sp³-hybridized carbons (Fsp3) is 0.250. The molecule has 1 aromatic heterocycles. The zero-order valence-corrected chi connectivity index (χ0v) is 33.9. The molecule has 1 saturated heterocycles. The molecule has 1 fully saturated rings. The van der Waals surface area contributed by atoms with Gasteiger partial charge in [0.25, 0.3) is 5.91 Å². The minimum Gasteiger partial charge on any atom is -0.370 e. The topological polar surface area (TPSA) is 116 Å². The Hall–Kier alpha value is -5.39. The fourth-order valence-corrected chi connectivity index (χ4v) is 10.3. The maximum absolute atomic E-state index is 13.6. The van der Waals surface area contributed by atoms with Gasteiger partial charge in [-0.25, -0.2) is 13.3 Å². The van der Waals surface area contributed by atoms with Crippen LogP contribution in [0.15, 0.2) is 127 Å². The van der Waals surface area contributed by atoms with Crippen LogP contribution < -0.4 is 10.8 Å². The van der Waals surface area contributed by atoms with E-state index in [2.05, 4.69) is 66.7 Å². The molecule has 0 saturated carbocycles. The van der Waals surface area contributed by atoms with Gasteiger partial charge in [0.15, 0.2) is 16.1 Å². The lowest BCUT2D eigenvalue weighted by molar-refractivity contribution is -0.177. The van der Waals surface area contributed by atoms with Crippen LogP contribution in [-0.2, 0) is 54.7 Å². The predicted molar refractivity (Wildman–Crippen MR) is 232 cm³/mol. The van der Waals surface area contributed by atoms with Crippen molar-refractivity contribution in [2.24, 2.45) is 5.73 Å². The van der Waals surface area contributed by atoms with E-state index in [9.17, 15) is 18.0 Å². The summed E-state index contributed by atoms with van der Waals surface area (Å²) in [7, 11) is -3.29. The molecular weight excluding hydrogens is 765 g/mol. The summed E-state index contributed by atoms with van der Waals surface area (Å²) in [6.07, 6.45) is 13.8. The van der Waals surface area contributed by atoms with Crippen molar-refractivity contribution in [1.29, 1.82) is 0 Å². The molecule has 2 unspecified atom stereocenters. The number of allylic oxidation sites excluding steroid dienone is 3. The number of rotatable bonds is 9. The van der Waals surface area contributed by atoms with Crippen LogP contribution >= 0.6 is 11.3 Å². The van der Waals surface area contributed by atoms with E-state index in [1.165, 1.54) is 60.4 Å². The van der Waals surface area contributed by atoms with Gasteiger partial charge in [0, 0.05) is 34.6 Å². The molecule has 4 aromatic carbocycles. The van der Waals surface area contributed by atoms with Crippen LogP contribution in [0.2, 0.25) is 0 Å².